The van der Waals surface area contributed by atoms with E-state index in [-0.39, 0.29) is 5.41 Å². The van der Waals surface area contributed by atoms with Crippen molar-refractivity contribution in [2.24, 2.45) is 0 Å². The maximum atomic E-state index is 12.6. The topological polar surface area (TPSA) is 58.6 Å². The summed E-state index contributed by atoms with van der Waals surface area (Å²) in [6.07, 6.45) is 4.46. The standard InChI is InChI=1S/C28H25Cl2NO3/c1-34-21-9-10-25(30)22(17-21)24-15-18-5-2-3-8-23(18)27(24)11-13-28(14-12-27,26(32)33)31-20-7-4-6-19(29)16-20/h2-10,15-17,31H,11-14H2,1H3,(H,32,33). The maximum Gasteiger partial charge on any atom is 0.329 e. The van der Waals surface area contributed by atoms with Gasteiger partial charge in [0.1, 0.15) is 11.3 Å². The highest BCUT2D eigenvalue weighted by atomic mass is 35.5. The molecule has 0 aliphatic heterocycles. The fourth-order valence-electron chi connectivity index (χ4n) is 5.55. The van der Waals surface area contributed by atoms with Gasteiger partial charge in [0, 0.05) is 26.7 Å². The number of hydrogen-bond donors (Lipinski definition) is 2. The van der Waals surface area contributed by atoms with Crippen molar-refractivity contribution in [2.45, 2.75) is 36.6 Å². The van der Waals surface area contributed by atoms with Gasteiger partial charge in [0.2, 0.25) is 0 Å². The molecule has 0 radical (unpaired) electrons. The molecule has 0 unspecified atom stereocenters. The minimum atomic E-state index is -1.07. The molecule has 34 heavy (non-hydrogen) atoms. The molecule has 3 aromatic rings. The maximum absolute atomic E-state index is 12.6. The third kappa shape index (κ3) is 3.75. The smallest absolute Gasteiger partial charge is 0.329 e. The molecular weight excluding hydrogens is 469 g/mol. The molecule has 0 heterocycles. The van der Waals surface area contributed by atoms with Crippen LogP contribution in [0, 0.1) is 0 Å². The Morgan fingerprint density at radius 1 is 0.971 bits per heavy atom. The number of allylic oxidation sites excluding steroid dienone is 1. The molecule has 174 valence electrons. The lowest BCUT2D eigenvalue weighted by Gasteiger charge is -2.45. The lowest BCUT2D eigenvalue weighted by molar-refractivity contribution is -0.143. The van der Waals surface area contributed by atoms with Gasteiger partial charge in [-0.3, -0.25) is 0 Å². The molecule has 0 amide bonds. The Labute approximate surface area is 209 Å². The van der Waals surface area contributed by atoms with Gasteiger partial charge in [-0.15, -0.1) is 0 Å². The van der Waals surface area contributed by atoms with Crippen LogP contribution in [0.2, 0.25) is 10.0 Å². The van der Waals surface area contributed by atoms with E-state index in [1.807, 2.05) is 42.5 Å². The zero-order chi connectivity index (χ0) is 23.9. The Morgan fingerprint density at radius 2 is 1.74 bits per heavy atom. The van der Waals surface area contributed by atoms with Gasteiger partial charge in [-0.2, -0.15) is 0 Å². The number of methoxy groups -OCH3 is 1. The van der Waals surface area contributed by atoms with Crippen molar-refractivity contribution in [3.63, 3.8) is 0 Å². The highest BCUT2D eigenvalue weighted by molar-refractivity contribution is 6.33. The Kier molecular flexibility index (Phi) is 5.83. The largest absolute Gasteiger partial charge is 0.497 e. The lowest BCUT2D eigenvalue weighted by Crippen LogP contribution is -2.52. The molecule has 6 heteroatoms. The molecular formula is C28H25Cl2NO3. The van der Waals surface area contributed by atoms with Crippen molar-refractivity contribution in [3.05, 3.63) is 93.5 Å². The highest BCUT2D eigenvalue weighted by Crippen LogP contribution is 2.57. The number of anilines is 1. The molecule has 0 atom stereocenters. The third-order valence-electron chi connectivity index (χ3n) is 7.33. The highest BCUT2D eigenvalue weighted by Gasteiger charge is 2.52. The summed E-state index contributed by atoms with van der Waals surface area (Å²) < 4.78 is 5.48. The summed E-state index contributed by atoms with van der Waals surface area (Å²) in [6, 6.07) is 21.3. The molecule has 0 saturated heterocycles. The van der Waals surface area contributed by atoms with Gasteiger partial charge < -0.3 is 15.2 Å². The van der Waals surface area contributed by atoms with Gasteiger partial charge in [-0.05, 0) is 84.9 Å². The minimum absolute atomic E-state index is 0.318. The van der Waals surface area contributed by atoms with Gasteiger partial charge in [0.05, 0.1) is 7.11 Å². The van der Waals surface area contributed by atoms with Gasteiger partial charge in [0.25, 0.3) is 0 Å². The van der Waals surface area contributed by atoms with Crippen LogP contribution in [0.4, 0.5) is 5.69 Å². The predicted molar refractivity (Wildman–Crippen MR) is 138 cm³/mol. The molecule has 4 nitrogen and oxygen atoms in total. The Morgan fingerprint density at radius 3 is 2.44 bits per heavy atom. The number of ether oxygens (including phenoxy) is 1. The molecule has 2 aliphatic rings. The quantitative estimate of drug-likeness (QED) is 0.391. The van der Waals surface area contributed by atoms with E-state index in [0.29, 0.717) is 41.4 Å². The number of rotatable bonds is 5. The second-order valence-electron chi connectivity index (χ2n) is 9.10. The van der Waals surface area contributed by atoms with E-state index in [2.05, 4.69) is 23.5 Å². The van der Waals surface area contributed by atoms with Gasteiger partial charge in [-0.25, -0.2) is 4.79 Å². The van der Waals surface area contributed by atoms with Crippen LogP contribution in [-0.4, -0.2) is 23.7 Å². The monoisotopic (exact) mass is 493 g/mol. The molecule has 0 bridgehead atoms. The summed E-state index contributed by atoms with van der Waals surface area (Å²) >= 11 is 12.8. The van der Waals surface area contributed by atoms with E-state index in [4.69, 9.17) is 27.9 Å². The zero-order valence-corrected chi connectivity index (χ0v) is 20.3. The van der Waals surface area contributed by atoms with E-state index in [1.54, 1.807) is 19.2 Å². The summed E-state index contributed by atoms with van der Waals surface area (Å²) in [7, 11) is 1.64. The van der Waals surface area contributed by atoms with E-state index < -0.39 is 11.5 Å². The number of halogens is 2. The van der Waals surface area contributed by atoms with Crippen LogP contribution in [0.15, 0.2) is 66.7 Å². The Hall–Kier alpha value is -2.95. The van der Waals surface area contributed by atoms with E-state index in [0.717, 1.165) is 22.4 Å². The van der Waals surface area contributed by atoms with E-state index in [9.17, 15) is 9.90 Å². The fraction of sp³-hybridized carbons (Fsp3) is 0.250. The van der Waals surface area contributed by atoms with Crippen LogP contribution < -0.4 is 10.1 Å². The number of benzene rings is 3. The van der Waals surface area contributed by atoms with Crippen molar-refractivity contribution < 1.29 is 14.6 Å². The zero-order valence-electron chi connectivity index (χ0n) is 18.8. The summed E-state index contributed by atoms with van der Waals surface area (Å²) in [5, 5.41) is 14.8. The van der Waals surface area contributed by atoms with Crippen LogP contribution in [0.3, 0.4) is 0 Å². The van der Waals surface area contributed by atoms with Crippen LogP contribution in [0.25, 0.3) is 11.6 Å². The van der Waals surface area contributed by atoms with Crippen molar-refractivity contribution >= 4 is 46.5 Å². The van der Waals surface area contributed by atoms with Crippen LogP contribution >= 0.6 is 23.2 Å². The summed E-state index contributed by atoms with van der Waals surface area (Å²) in [5.74, 6) is -0.108. The van der Waals surface area contributed by atoms with Crippen molar-refractivity contribution in [3.8, 4) is 5.75 Å². The molecule has 1 spiro atoms. The first kappa shape index (κ1) is 22.8. The van der Waals surface area contributed by atoms with E-state index >= 15 is 0 Å². The summed E-state index contributed by atoms with van der Waals surface area (Å²) in [4.78, 5) is 12.6. The molecule has 2 N–H and O–H groups in total. The van der Waals surface area contributed by atoms with Crippen molar-refractivity contribution in [1.82, 2.24) is 0 Å². The minimum Gasteiger partial charge on any atom is -0.497 e. The van der Waals surface area contributed by atoms with Gasteiger partial charge in [-0.1, -0.05) is 53.5 Å². The fourth-order valence-corrected chi connectivity index (χ4v) is 5.96. The van der Waals surface area contributed by atoms with Crippen molar-refractivity contribution in [1.29, 1.82) is 0 Å². The first-order valence-electron chi connectivity index (χ1n) is 11.3. The number of carboxylic acid groups (broad SMARTS) is 1. The van der Waals surface area contributed by atoms with Crippen molar-refractivity contribution in [2.75, 3.05) is 12.4 Å². The van der Waals surface area contributed by atoms with E-state index in [1.165, 1.54) is 5.56 Å². The van der Waals surface area contributed by atoms with Gasteiger partial charge >= 0.3 is 5.97 Å². The number of aliphatic carboxylic acids is 1. The molecule has 5 rings (SSSR count). The predicted octanol–water partition coefficient (Wildman–Crippen LogP) is 7.30. The Balaban J connectivity index is 1.55. The lowest BCUT2D eigenvalue weighted by atomic mass is 9.61. The molecule has 1 saturated carbocycles. The average molecular weight is 494 g/mol. The van der Waals surface area contributed by atoms with Crippen LogP contribution in [0.5, 0.6) is 5.75 Å². The molecule has 1 fully saturated rings. The van der Waals surface area contributed by atoms with Gasteiger partial charge in [0.15, 0.2) is 0 Å². The first-order valence-corrected chi connectivity index (χ1v) is 12.1. The number of fused-ring (bicyclic) bond motifs is 2. The molecule has 0 aromatic heterocycles. The Bertz CT molecular complexity index is 1290. The number of carbonyl (C=O) groups is 1. The normalized spacial score (nSPS) is 23.3. The number of carboxylic acids is 1. The second-order valence-corrected chi connectivity index (χ2v) is 9.94. The molecule has 2 aliphatic carbocycles. The number of hydrogen-bond acceptors (Lipinski definition) is 3. The summed E-state index contributed by atoms with van der Waals surface area (Å²) in [5.41, 5.74) is 3.76. The SMILES string of the molecule is COc1ccc(Cl)c(C2=Cc3ccccc3C23CCC(Nc2cccc(Cl)c2)(C(=O)O)CC3)c1. The second kappa shape index (κ2) is 8.68. The molecule has 3 aromatic carbocycles. The first-order chi connectivity index (χ1) is 16.4. The van der Waals surface area contributed by atoms with Crippen LogP contribution in [-0.2, 0) is 10.2 Å². The third-order valence-corrected chi connectivity index (χ3v) is 7.89. The average Bonchev–Trinajstić information content (AvgIpc) is 3.15. The summed E-state index contributed by atoms with van der Waals surface area (Å²) in [6.45, 7) is 0. The number of nitrogens with one attached hydrogen (secondary N) is 1. The van der Waals surface area contributed by atoms with Crippen LogP contribution in [0.1, 0.15) is 42.4 Å².